The number of nitrogens with zero attached hydrogens (tertiary/aromatic N) is 1. The Hall–Kier alpha value is -3.21. The fourth-order valence-corrected chi connectivity index (χ4v) is 4.10. The van der Waals surface area contributed by atoms with Gasteiger partial charge in [0.25, 0.3) is 5.91 Å². The third-order valence-corrected chi connectivity index (χ3v) is 5.82. The molecule has 0 aliphatic carbocycles. The number of hydrogen-bond acceptors (Lipinski definition) is 6. The fourth-order valence-electron chi connectivity index (χ4n) is 3.15. The molecule has 32 heavy (non-hydrogen) atoms. The van der Waals surface area contributed by atoms with Crippen LogP contribution in [-0.4, -0.2) is 30.6 Å². The van der Waals surface area contributed by atoms with Crippen LogP contribution in [0.1, 0.15) is 35.5 Å². The number of ether oxygens (including phenoxy) is 2. The molecule has 1 aromatic heterocycles. The van der Waals surface area contributed by atoms with Crippen LogP contribution in [-0.2, 0) is 20.9 Å². The van der Waals surface area contributed by atoms with Crippen LogP contribution in [0.4, 0.5) is 0 Å². The molecular weight excluding hydrogens is 424 g/mol. The maximum Gasteiger partial charge on any atom is 0.349 e. The summed E-state index contributed by atoms with van der Waals surface area (Å²) in [5.41, 5.74) is 0.977. The second-order valence-electron chi connectivity index (χ2n) is 7.86. The molecule has 2 unspecified atom stereocenters. The third-order valence-electron chi connectivity index (χ3n) is 4.72. The molecule has 1 amide bonds. The van der Waals surface area contributed by atoms with Gasteiger partial charge in [0.15, 0.2) is 6.10 Å². The van der Waals surface area contributed by atoms with Crippen molar-refractivity contribution in [1.82, 2.24) is 5.32 Å². The highest BCUT2D eigenvalue weighted by atomic mass is 32.1. The minimum atomic E-state index is -0.988. The number of nitriles is 1. The molecule has 3 aromatic rings. The predicted molar refractivity (Wildman–Crippen MR) is 124 cm³/mol. The standard InChI is InChI=1S/C25H26N2O4S/c1-17(2)12-21(31-25(29)23-13-19-10-6-7-11-22(19)32-23)24(28)27-20(14-26)16-30-15-18-8-4-3-5-9-18/h3-11,13,17,20-21H,12,15-16H2,1-2H3,(H,27,28). The van der Waals surface area contributed by atoms with Gasteiger partial charge in [-0.05, 0) is 35.4 Å². The first kappa shape index (κ1) is 23.5. The van der Waals surface area contributed by atoms with Crippen LogP contribution in [0.5, 0.6) is 0 Å². The van der Waals surface area contributed by atoms with Crippen LogP contribution in [0.15, 0.2) is 60.7 Å². The monoisotopic (exact) mass is 450 g/mol. The first-order valence-corrected chi connectivity index (χ1v) is 11.3. The van der Waals surface area contributed by atoms with E-state index in [-0.39, 0.29) is 12.5 Å². The summed E-state index contributed by atoms with van der Waals surface area (Å²) >= 11 is 1.33. The van der Waals surface area contributed by atoms with Crippen LogP contribution in [0.3, 0.4) is 0 Å². The van der Waals surface area contributed by atoms with E-state index in [1.807, 2.05) is 74.5 Å². The van der Waals surface area contributed by atoms with Gasteiger partial charge in [-0.2, -0.15) is 5.26 Å². The van der Waals surface area contributed by atoms with Crippen molar-refractivity contribution in [3.05, 3.63) is 71.1 Å². The SMILES string of the molecule is CC(C)CC(OC(=O)c1cc2ccccc2s1)C(=O)NC(C#N)COCc1ccccc1. The van der Waals surface area contributed by atoms with Gasteiger partial charge in [0.05, 0.1) is 19.3 Å². The lowest BCUT2D eigenvalue weighted by Crippen LogP contribution is -2.45. The van der Waals surface area contributed by atoms with Gasteiger partial charge in [0.2, 0.25) is 0 Å². The summed E-state index contributed by atoms with van der Waals surface area (Å²) in [5, 5.41) is 13.0. The lowest BCUT2D eigenvalue weighted by atomic mass is 10.0. The summed E-state index contributed by atoms with van der Waals surface area (Å²) in [6, 6.07) is 20.2. The summed E-state index contributed by atoms with van der Waals surface area (Å²) in [6.45, 7) is 4.26. The fraction of sp³-hybridized carbons (Fsp3) is 0.320. The van der Waals surface area contributed by atoms with Crippen molar-refractivity contribution >= 4 is 33.3 Å². The average Bonchev–Trinajstić information content (AvgIpc) is 3.23. The van der Waals surface area contributed by atoms with Gasteiger partial charge in [-0.25, -0.2) is 4.79 Å². The highest BCUT2D eigenvalue weighted by Crippen LogP contribution is 2.26. The highest BCUT2D eigenvalue weighted by Gasteiger charge is 2.27. The van der Waals surface area contributed by atoms with E-state index in [1.165, 1.54) is 11.3 Å². The van der Waals surface area contributed by atoms with Crippen LogP contribution >= 0.6 is 11.3 Å². The Morgan fingerprint density at radius 1 is 1.09 bits per heavy atom. The molecule has 3 rings (SSSR count). The van der Waals surface area contributed by atoms with E-state index < -0.39 is 24.0 Å². The molecule has 2 aromatic carbocycles. The summed E-state index contributed by atoms with van der Waals surface area (Å²) in [5.74, 6) is -0.917. The molecule has 7 heteroatoms. The Kier molecular flexibility index (Phi) is 8.37. The number of rotatable bonds is 10. The quantitative estimate of drug-likeness (QED) is 0.453. The lowest BCUT2D eigenvalue weighted by Gasteiger charge is -2.21. The molecule has 0 aliphatic heterocycles. The Balaban J connectivity index is 1.60. The highest BCUT2D eigenvalue weighted by molar-refractivity contribution is 7.20. The number of nitrogens with one attached hydrogen (secondary N) is 1. The predicted octanol–water partition coefficient (Wildman–Crippen LogP) is 4.70. The van der Waals surface area contributed by atoms with E-state index in [2.05, 4.69) is 5.32 Å². The number of thiophene rings is 1. The lowest BCUT2D eigenvalue weighted by molar-refractivity contribution is -0.131. The first-order valence-electron chi connectivity index (χ1n) is 10.5. The van der Waals surface area contributed by atoms with Crippen LogP contribution in [0.25, 0.3) is 10.1 Å². The summed E-state index contributed by atoms with van der Waals surface area (Å²) in [4.78, 5) is 26.0. The van der Waals surface area contributed by atoms with Gasteiger partial charge in [-0.15, -0.1) is 11.3 Å². The molecule has 0 fully saturated rings. The van der Waals surface area contributed by atoms with Gasteiger partial charge in [0.1, 0.15) is 10.9 Å². The van der Waals surface area contributed by atoms with Crippen molar-refractivity contribution in [2.45, 2.75) is 39.0 Å². The molecule has 0 saturated heterocycles. The van der Waals surface area contributed by atoms with Gasteiger partial charge < -0.3 is 14.8 Å². The second-order valence-corrected chi connectivity index (χ2v) is 8.95. The summed E-state index contributed by atoms with van der Waals surface area (Å²) in [7, 11) is 0. The zero-order chi connectivity index (χ0) is 22.9. The maximum absolute atomic E-state index is 12.8. The summed E-state index contributed by atoms with van der Waals surface area (Å²) in [6.07, 6.45) is -0.636. The van der Waals surface area contributed by atoms with Crippen molar-refractivity contribution in [2.24, 2.45) is 5.92 Å². The number of carbonyl (C=O) groups excluding carboxylic acids is 2. The molecule has 1 heterocycles. The van der Waals surface area contributed by atoms with E-state index in [0.29, 0.717) is 17.9 Å². The van der Waals surface area contributed by atoms with Crippen LogP contribution in [0, 0.1) is 17.2 Å². The molecule has 0 saturated carbocycles. The van der Waals surface area contributed by atoms with Gasteiger partial charge in [0, 0.05) is 4.70 Å². The van der Waals surface area contributed by atoms with Crippen molar-refractivity contribution in [2.75, 3.05) is 6.61 Å². The number of fused-ring (bicyclic) bond motifs is 1. The number of hydrogen-bond donors (Lipinski definition) is 1. The normalized spacial score (nSPS) is 12.8. The molecule has 2 atom stereocenters. The number of esters is 1. The minimum absolute atomic E-state index is 0.0375. The van der Waals surface area contributed by atoms with Crippen LogP contribution < -0.4 is 5.32 Å². The first-order chi connectivity index (χ1) is 15.5. The third kappa shape index (κ3) is 6.64. The second kappa shape index (κ2) is 11.4. The molecule has 0 radical (unpaired) electrons. The molecule has 166 valence electrons. The molecule has 0 spiro atoms. The van der Waals surface area contributed by atoms with Crippen molar-refractivity contribution in [3.63, 3.8) is 0 Å². The topological polar surface area (TPSA) is 88.4 Å². The van der Waals surface area contributed by atoms with Crippen molar-refractivity contribution in [3.8, 4) is 6.07 Å². The number of carbonyl (C=O) groups is 2. The molecule has 6 nitrogen and oxygen atoms in total. The van der Waals surface area contributed by atoms with E-state index in [0.717, 1.165) is 15.6 Å². The Morgan fingerprint density at radius 2 is 1.81 bits per heavy atom. The zero-order valence-corrected chi connectivity index (χ0v) is 18.9. The maximum atomic E-state index is 12.8. The van der Waals surface area contributed by atoms with E-state index in [9.17, 15) is 14.9 Å². The Morgan fingerprint density at radius 3 is 2.50 bits per heavy atom. The smallest absolute Gasteiger partial charge is 0.349 e. The average molecular weight is 451 g/mol. The minimum Gasteiger partial charge on any atom is -0.448 e. The molecular formula is C25H26N2O4S. The zero-order valence-electron chi connectivity index (χ0n) is 18.1. The van der Waals surface area contributed by atoms with E-state index >= 15 is 0 Å². The summed E-state index contributed by atoms with van der Waals surface area (Å²) < 4.78 is 12.1. The number of amides is 1. The van der Waals surface area contributed by atoms with Gasteiger partial charge in [-0.1, -0.05) is 62.4 Å². The molecule has 0 bridgehead atoms. The largest absolute Gasteiger partial charge is 0.448 e. The van der Waals surface area contributed by atoms with Gasteiger partial charge in [-0.3, -0.25) is 4.79 Å². The van der Waals surface area contributed by atoms with Gasteiger partial charge >= 0.3 is 5.97 Å². The van der Waals surface area contributed by atoms with Crippen molar-refractivity contribution < 1.29 is 19.1 Å². The molecule has 0 aliphatic rings. The van der Waals surface area contributed by atoms with Crippen LogP contribution in [0.2, 0.25) is 0 Å². The molecule has 1 N–H and O–H groups in total. The number of benzene rings is 2. The Labute approximate surface area is 191 Å². The van der Waals surface area contributed by atoms with E-state index in [4.69, 9.17) is 9.47 Å². The van der Waals surface area contributed by atoms with E-state index in [1.54, 1.807) is 6.07 Å². The Bertz CT molecular complexity index is 1060. The van der Waals surface area contributed by atoms with Crippen molar-refractivity contribution in [1.29, 1.82) is 5.26 Å².